The van der Waals surface area contributed by atoms with Crippen LogP contribution in [-0.2, 0) is 0 Å². The smallest absolute Gasteiger partial charge is 0.125 e. The molecule has 1 rings (SSSR count). The summed E-state index contributed by atoms with van der Waals surface area (Å²) in [5.74, 6) is 1.66. The molecule has 0 bridgehead atoms. The topological polar surface area (TPSA) is 9.23 Å². The van der Waals surface area contributed by atoms with E-state index < -0.39 is 0 Å². The first-order valence-corrected chi connectivity index (χ1v) is 6.97. The molecule has 1 unspecified atom stereocenters. The Morgan fingerprint density at radius 1 is 1.19 bits per heavy atom. The van der Waals surface area contributed by atoms with Crippen molar-refractivity contribution in [2.45, 2.75) is 34.1 Å². The largest absolute Gasteiger partial charge is 0.493 e. The molecule has 1 aromatic rings. The van der Waals surface area contributed by atoms with E-state index in [0.29, 0.717) is 5.92 Å². The molecule has 0 saturated carbocycles. The summed E-state index contributed by atoms with van der Waals surface area (Å²) < 4.78 is 5.94. The Morgan fingerprint density at radius 2 is 1.75 bits per heavy atom. The third kappa shape index (κ3) is 3.51. The number of hydrogen-bond acceptors (Lipinski definition) is 1. The van der Waals surface area contributed by atoms with Crippen LogP contribution in [0.5, 0.6) is 5.75 Å². The van der Waals surface area contributed by atoms with E-state index in [0.717, 1.165) is 24.1 Å². The van der Waals surface area contributed by atoms with E-state index in [-0.39, 0.29) is 0 Å². The number of ether oxygens (including phenoxy) is 1. The molecule has 0 heterocycles. The average molecular weight is 285 g/mol. The molecule has 2 heteroatoms. The molecule has 1 aromatic carbocycles. The van der Waals surface area contributed by atoms with Crippen LogP contribution in [0.15, 0.2) is 12.1 Å². The van der Waals surface area contributed by atoms with Crippen molar-refractivity contribution in [3.8, 4) is 5.75 Å². The number of hydrogen-bond donors (Lipinski definition) is 0. The van der Waals surface area contributed by atoms with E-state index in [2.05, 4.69) is 55.8 Å². The van der Waals surface area contributed by atoms with Crippen molar-refractivity contribution in [1.82, 2.24) is 0 Å². The molecule has 1 nitrogen and oxygen atoms in total. The van der Waals surface area contributed by atoms with Gasteiger partial charge in [0.2, 0.25) is 0 Å². The Hall–Kier alpha value is -0.500. The van der Waals surface area contributed by atoms with Crippen LogP contribution in [0.25, 0.3) is 0 Å². The third-order valence-electron chi connectivity index (χ3n) is 2.86. The molecule has 0 amide bonds. The Balaban J connectivity index is 2.74. The summed E-state index contributed by atoms with van der Waals surface area (Å²) in [4.78, 5) is 0. The highest BCUT2D eigenvalue weighted by Crippen LogP contribution is 2.25. The third-order valence-corrected chi connectivity index (χ3v) is 3.78. The van der Waals surface area contributed by atoms with Crippen LogP contribution in [-0.4, -0.2) is 11.9 Å². The first kappa shape index (κ1) is 13.6. The molecule has 0 aliphatic heterocycles. The molecule has 1 atom stereocenters. The van der Waals surface area contributed by atoms with Crippen LogP contribution in [0.3, 0.4) is 0 Å². The van der Waals surface area contributed by atoms with Gasteiger partial charge in [0.15, 0.2) is 0 Å². The van der Waals surface area contributed by atoms with Crippen LogP contribution in [0.2, 0.25) is 0 Å². The predicted molar refractivity (Wildman–Crippen MR) is 73.7 cm³/mol. The first-order valence-electron chi connectivity index (χ1n) is 5.85. The standard InChI is InChI=1S/C14H21BrO/c1-5-13(8-15)9-16-14-11(3)6-10(2)7-12(14)4/h6-7,13H,5,8-9H2,1-4H3. The van der Waals surface area contributed by atoms with Gasteiger partial charge in [0.1, 0.15) is 5.75 Å². The fraction of sp³-hybridized carbons (Fsp3) is 0.571. The van der Waals surface area contributed by atoms with Crippen LogP contribution < -0.4 is 4.74 Å². The highest BCUT2D eigenvalue weighted by Gasteiger charge is 2.09. The lowest BCUT2D eigenvalue weighted by Crippen LogP contribution is -2.13. The van der Waals surface area contributed by atoms with Gasteiger partial charge in [-0.15, -0.1) is 0 Å². The molecule has 0 aliphatic rings. The van der Waals surface area contributed by atoms with Gasteiger partial charge in [-0.2, -0.15) is 0 Å². The summed E-state index contributed by atoms with van der Waals surface area (Å²) in [6, 6.07) is 4.36. The Bertz CT molecular complexity index is 320. The molecule has 0 aliphatic carbocycles. The van der Waals surface area contributed by atoms with Crippen LogP contribution >= 0.6 is 15.9 Å². The second-order valence-corrected chi connectivity index (χ2v) is 5.11. The maximum absolute atomic E-state index is 5.94. The minimum Gasteiger partial charge on any atom is -0.493 e. The summed E-state index contributed by atoms with van der Waals surface area (Å²) in [5, 5.41) is 1.01. The van der Waals surface area contributed by atoms with E-state index in [1.807, 2.05) is 0 Å². The van der Waals surface area contributed by atoms with Crippen molar-refractivity contribution < 1.29 is 4.74 Å². The van der Waals surface area contributed by atoms with Crippen molar-refractivity contribution in [3.63, 3.8) is 0 Å². The van der Waals surface area contributed by atoms with Gasteiger partial charge in [0.25, 0.3) is 0 Å². The highest BCUT2D eigenvalue weighted by atomic mass is 79.9. The van der Waals surface area contributed by atoms with E-state index in [1.165, 1.54) is 16.7 Å². The molecule has 0 N–H and O–H groups in total. The molecule has 0 radical (unpaired) electrons. The van der Waals surface area contributed by atoms with E-state index in [9.17, 15) is 0 Å². The lowest BCUT2D eigenvalue weighted by molar-refractivity contribution is 0.257. The summed E-state index contributed by atoms with van der Waals surface area (Å²) >= 11 is 3.52. The number of alkyl halides is 1. The Morgan fingerprint density at radius 3 is 2.19 bits per heavy atom. The van der Waals surface area contributed by atoms with Gasteiger partial charge in [0.05, 0.1) is 6.61 Å². The highest BCUT2D eigenvalue weighted by molar-refractivity contribution is 9.09. The minimum absolute atomic E-state index is 0.597. The first-order chi connectivity index (χ1) is 7.58. The van der Waals surface area contributed by atoms with Crippen LogP contribution in [0, 0.1) is 26.7 Å². The summed E-state index contributed by atoms with van der Waals surface area (Å²) in [6.07, 6.45) is 1.15. The monoisotopic (exact) mass is 284 g/mol. The van der Waals surface area contributed by atoms with Crippen molar-refractivity contribution >= 4 is 15.9 Å². The second kappa shape index (κ2) is 6.29. The van der Waals surface area contributed by atoms with Crippen LogP contribution in [0.4, 0.5) is 0 Å². The van der Waals surface area contributed by atoms with Gasteiger partial charge >= 0.3 is 0 Å². The van der Waals surface area contributed by atoms with Gasteiger partial charge in [-0.3, -0.25) is 0 Å². The maximum atomic E-state index is 5.94. The number of rotatable bonds is 5. The van der Waals surface area contributed by atoms with Gasteiger partial charge < -0.3 is 4.74 Å². The van der Waals surface area contributed by atoms with E-state index in [1.54, 1.807) is 0 Å². The summed E-state index contributed by atoms with van der Waals surface area (Å²) in [6.45, 7) is 9.35. The fourth-order valence-corrected chi connectivity index (χ4v) is 2.51. The zero-order valence-electron chi connectivity index (χ0n) is 10.6. The molecule has 90 valence electrons. The van der Waals surface area contributed by atoms with Crippen LogP contribution in [0.1, 0.15) is 30.0 Å². The number of benzene rings is 1. The summed E-state index contributed by atoms with van der Waals surface area (Å²) in [7, 11) is 0. The maximum Gasteiger partial charge on any atom is 0.125 e. The molecule has 0 aromatic heterocycles. The molecular weight excluding hydrogens is 264 g/mol. The second-order valence-electron chi connectivity index (χ2n) is 4.47. The van der Waals surface area contributed by atoms with Gasteiger partial charge in [-0.05, 0) is 38.3 Å². The van der Waals surface area contributed by atoms with Gasteiger partial charge in [-0.25, -0.2) is 0 Å². The molecular formula is C14H21BrO. The zero-order valence-corrected chi connectivity index (χ0v) is 12.2. The fourth-order valence-electron chi connectivity index (χ4n) is 1.87. The predicted octanol–water partition coefficient (Wildman–Crippen LogP) is 4.41. The van der Waals surface area contributed by atoms with E-state index >= 15 is 0 Å². The quantitative estimate of drug-likeness (QED) is 0.728. The van der Waals surface area contributed by atoms with Crippen molar-refractivity contribution in [1.29, 1.82) is 0 Å². The van der Waals surface area contributed by atoms with Gasteiger partial charge in [0, 0.05) is 11.2 Å². The molecule has 0 fully saturated rings. The van der Waals surface area contributed by atoms with Crippen molar-refractivity contribution in [2.24, 2.45) is 5.92 Å². The lowest BCUT2D eigenvalue weighted by atomic mass is 10.1. The Labute approximate surface area is 107 Å². The number of aryl methyl sites for hydroxylation is 3. The molecule has 0 saturated heterocycles. The normalized spacial score (nSPS) is 12.6. The molecule has 0 spiro atoms. The SMILES string of the molecule is CCC(CBr)COc1c(C)cc(C)cc1C. The zero-order chi connectivity index (χ0) is 12.1. The Kier molecular flexibility index (Phi) is 5.33. The van der Waals surface area contributed by atoms with Crippen molar-refractivity contribution in [3.05, 3.63) is 28.8 Å². The van der Waals surface area contributed by atoms with E-state index in [4.69, 9.17) is 4.74 Å². The van der Waals surface area contributed by atoms with Crippen molar-refractivity contribution in [2.75, 3.05) is 11.9 Å². The van der Waals surface area contributed by atoms with Gasteiger partial charge in [-0.1, -0.05) is 40.5 Å². The minimum atomic E-state index is 0.597. The number of halogens is 1. The average Bonchev–Trinajstić information content (AvgIpc) is 2.22. The summed E-state index contributed by atoms with van der Waals surface area (Å²) in [5.41, 5.74) is 3.78. The molecule has 16 heavy (non-hydrogen) atoms. The lowest BCUT2D eigenvalue weighted by Gasteiger charge is -2.17.